The molecule has 7 nitrogen and oxygen atoms in total. The molecule has 0 aliphatic rings. The van der Waals surface area contributed by atoms with E-state index < -0.39 is 10.0 Å². The van der Waals surface area contributed by atoms with E-state index in [9.17, 15) is 8.42 Å². The zero-order valence-corrected chi connectivity index (χ0v) is 11.7. The van der Waals surface area contributed by atoms with E-state index in [1.165, 1.54) is 36.3 Å². The molecule has 0 saturated heterocycles. The van der Waals surface area contributed by atoms with Crippen molar-refractivity contribution in [3.05, 3.63) is 29.5 Å². The number of methoxy groups -OCH3 is 1. The number of aromatic nitrogens is 3. The van der Waals surface area contributed by atoms with Crippen LogP contribution in [-0.2, 0) is 17.1 Å². The molecule has 1 N–H and O–H groups in total. The number of sulfonamides is 1. The maximum Gasteiger partial charge on any atom is 0.266 e. The van der Waals surface area contributed by atoms with E-state index >= 15 is 0 Å². The molecule has 0 atom stereocenters. The molecule has 9 heteroatoms. The summed E-state index contributed by atoms with van der Waals surface area (Å²) in [6.07, 6.45) is 2.58. The van der Waals surface area contributed by atoms with Crippen LogP contribution < -0.4 is 9.46 Å². The quantitative estimate of drug-likeness (QED) is 0.919. The Hall–Kier alpha value is -1.80. The zero-order valence-electron chi connectivity index (χ0n) is 10.2. The van der Waals surface area contributed by atoms with Crippen LogP contribution in [0.15, 0.2) is 29.4 Å². The van der Waals surface area contributed by atoms with Gasteiger partial charge in [0, 0.05) is 25.5 Å². The molecule has 0 aliphatic heterocycles. The SMILES string of the molecule is COc1cc(NS(=O)(=O)c2cnccc2Cl)nn1C. The maximum atomic E-state index is 12.1. The van der Waals surface area contributed by atoms with Gasteiger partial charge in [0.15, 0.2) is 5.82 Å². The molecule has 0 unspecified atom stereocenters. The Morgan fingerprint density at radius 1 is 1.47 bits per heavy atom. The van der Waals surface area contributed by atoms with Gasteiger partial charge in [0.2, 0.25) is 5.88 Å². The molecule has 0 saturated carbocycles. The average molecular weight is 303 g/mol. The van der Waals surface area contributed by atoms with Gasteiger partial charge in [0.05, 0.1) is 12.1 Å². The average Bonchev–Trinajstić information content (AvgIpc) is 2.68. The van der Waals surface area contributed by atoms with Gasteiger partial charge in [0.1, 0.15) is 4.90 Å². The van der Waals surface area contributed by atoms with Crippen LogP contribution in [0.2, 0.25) is 5.02 Å². The Kier molecular flexibility index (Phi) is 3.63. The second-order valence-electron chi connectivity index (χ2n) is 3.61. The summed E-state index contributed by atoms with van der Waals surface area (Å²) < 4.78 is 32.9. The summed E-state index contributed by atoms with van der Waals surface area (Å²) in [7, 11) is -0.733. The second-order valence-corrected chi connectivity index (χ2v) is 5.67. The number of hydrogen-bond acceptors (Lipinski definition) is 5. The predicted molar refractivity (Wildman–Crippen MR) is 69.8 cm³/mol. The molecule has 19 heavy (non-hydrogen) atoms. The van der Waals surface area contributed by atoms with Crippen molar-refractivity contribution >= 4 is 27.4 Å². The van der Waals surface area contributed by atoms with Gasteiger partial charge in [-0.3, -0.25) is 9.71 Å². The summed E-state index contributed by atoms with van der Waals surface area (Å²) >= 11 is 5.83. The molecule has 2 heterocycles. The first-order chi connectivity index (χ1) is 8.94. The summed E-state index contributed by atoms with van der Waals surface area (Å²) in [6.45, 7) is 0. The monoisotopic (exact) mass is 302 g/mol. The molecule has 2 aromatic rings. The van der Waals surface area contributed by atoms with Crippen molar-refractivity contribution in [3.63, 3.8) is 0 Å². The highest BCUT2D eigenvalue weighted by Gasteiger charge is 2.20. The van der Waals surface area contributed by atoms with Crippen molar-refractivity contribution in [1.82, 2.24) is 14.8 Å². The van der Waals surface area contributed by atoms with E-state index in [1.54, 1.807) is 7.05 Å². The lowest BCUT2D eigenvalue weighted by molar-refractivity contribution is 0.373. The number of aryl methyl sites for hydroxylation is 1. The summed E-state index contributed by atoms with van der Waals surface area (Å²) in [5.41, 5.74) is 0. The molecule has 0 fully saturated rings. The van der Waals surface area contributed by atoms with Gasteiger partial charge in [-0.1, -0.05) is 11.6 Å². The van der Waals surface area contributed by atoms with Crippen LogP contribution in [0.3, 0.4) is 0 Å². The fourth-order valence-corrected chi connectivity index (χ4v) is 2.86. The third kappa shape index (κ3) is 2.79. The largest absolute Gasteiger partial charge is 0.481 e. The molecule has 102 valence electrons. The minimum absolute atomic E-state index is 0.0883. The summed E-state index contributed by atoms with van der Waals surface area (Å²) in [6, 6.07) is 2.86. The van der Waals surface area contributed by atoms with Gasteiger partial charge in [-0.2, -0.15) is 5.10 Å². The molecular weight excluding hydrogens is 292 g/mol. The predicted octanol–water partition coefficient (Wildman–Crippen LogP) is 1.28. The molecule has 0 aromatic carbocycles. The summed E-state index contributed by atoms with van der Waals surface area (Å²) in [5, 5.41) is 4.05. The number of pyridine rings is 1. The van der Waals surface area contributed by atoms with E-state index in [0.29, 0.717) is 5.88 Å². The summed E-state index contributed by atoms with van der Waals surface area (Å²) in [4.78, 5) is 3.63. The smallest absolute Gasteiger partial charge is 0.266 e. The van der Waals surface area contributed by atoms with Crippen LogP contribution in [0.25, 0.3) is 0 Å². The molecule has 2 aromatic heterocycles. The molecule has 0 radical (unpaired) electrons. The Bertz CT molecular complexity index is 699. The van der Waals surface area contributed by atoms with E-state index in [1.807, 2.05) is 0 Å². The standard InChI is InChI=1S/C10H11ClN4O3S/c1-15-10(18-2)5-9(13-15)14-19(16,17)8-6-12-4-3-7(8)11/h3-6H,1-2H3,(H,13,14). The van der Waals surface area contributed by atoms with Crippen molar-refractivity contribution in [2.45, 2.75) is 4.90 Å². The van der Waals surface area contributed by atoms with Crippen LogP contribution in [-0.4, -0.2) is 30.3 Å². The number of halogens is 1. The molecular formula is C10H11ClN4O3S. The Balaban J connectivity index is 2.34. The molecule has 2 rings (SSSR count). The normalized spacial score (nSPS) is 11.3. The first-order valence-corrected chi connectivity index (χ1v) is 7.00. The second kappa shape index (κ2) is 5.06. The Morgan fingerprint density at radius 2 is 2.21 bits per heavy atom. The molecule has 0 bridgehead atoms. The minimum Gasteiger partial charge on any atom is -0.481 e. The van der Waals surface area contributed by atoms with Gasteiger partial charge in [0.25, 0.3) is 10.0 Å². The third-order valence-corrected chi connectivity index (χ3v) is 4.13. The Labute approximate surface area is 115 Å². The summed E-state index contributed by atoms with van der Waals surface area (Å²) in [5.74, 6) is 0.564. The lowest BCUT2D eigenvalue weighted by Crippen LogP contribution is -2.14. The minimum atomic E-state index is -3.83. The topological polar surface area (TPSA) is 86.1 Å². The number of nitrogens with one attached hydrogen (secondary N) is 1. The van der Waals surface area contributed by atoms with Crippen LogP contribution in [0.4, 0.5) is 5.82 Å². The number of anilines is 1. The molecule has 0 amide bonds. The number of hydrogen-bond donors (Lipinski definition) is 1. The highest BCUT2D eigenvalue weighted by Crippen LogP contribution is 2.23. The lowest BCUT2D eigenvalue weighted by Gasteiger charge is -2.05. The van der Waals surface area contributed by atoms with Crippen LogP contribution >= 0.6 is 11.6 Å². The van der Waals surface area contributed by atoms with Crippen molar-refractivity contribution in [3.8, 4) is 5.88 Å². The van der Waals surface area contributed by atoms with Gasteiger partial charge in [-0.15, -0.1) is 0 Å². The van der Waals surface area contributed by atoms with Crippen molar-refractivity contribution in [1.29, 1.82) is 0 Å². The number of nitrogens with zero attached hydrogens (tertiary/aromatic N) is 3. The first-order valence-electron chi connectivity index (χ1n) is 5.14. The van der Waals surface area contributed by atoms with Crippen molar-refractivity contribution in [2.75, 3.05) is 11.8 Å². The highest BCUT2D eigenvalue weighted by molar-refractivity contribution is 7.92. The first kappa shape index (κ1) is 13.6. The van der Waals surface area contributed by atoms with Crippen LogP contribution in [0.5, 0.6) is 5.88 Å². The van der Waals surface area contributed by atoms with E-state index in [-0.39, 0.29) is 15.7 Å². The zero-order chi connectivity index (χ0) is 14.0. The maximum absolute atomic E-state index is 12.1. The van der Waals surface area contributed by atoms with Gasteiger partial charge >= 0.3 is 0 Å². The van der Waals surface area contributed by atoms with Crippen LogP contribution in [0.1, 0.15) is 0 Å². The number of rotatable bonds is 4. The third-order valence-electron chi connectivity index (χ3n) is 2.31. The van der Waals surface area contributed by atoms with Crippen molar-refractivity contribution < 1.29 is 13.2 Å². The Morgan fingerprint density at radius 3 is 2.79 bits per heavy atom. The van der Waals surface area contributed by atoms with Gasteiger partial charge < -0.3 is 4.74 Å². The van der Waals surface area contributed by atoms with E-state index in [2.05, 4.69) is 14.8 Å². The van der Waals surface area contributed by atoms with Gasteiger partial charge in [-0.25, -0.2) is 13.1 Å². The highest BCUT2D eigenvalue weighted by atomic mass is 35.5. The van der Waals surface area contributed by atoms with Crippen LogP contribution in [0, 0.1) is 0 Å². The fourth-order valence-electron chi connectivity index (χ4n) is 1.44. The fraction of sp³-hybridized carbons (Fsp3) is 0.200. The van der Waals surface area contributed by atoms with E-state index in [4.69, 9.17) is 16.3 Å². The number of ether oxygens (including phenoxy) is 1. The van der Waals surface area contributed by atoms with Crippen molar-refractivity contribution in [2.24, 2.45) is 7.05 Å². The lowest BCUT2D eigenvalue weighted by atomic mass is 10.5. The molecule has 0 aliphatic carbocycles. The van der Waals surface area contributed by atoms with Gasteiger partial charge in [-0.05, 0) is 6.07 Å². The van der Waals surface area contributed by atoms with E-state index in [0.717, 1.165) is 0 Å². The molecule has 0 spiro atoms.